The zero-order valence-electron chi connectivity index (χ0n) is 10.6. The summed E-state index contributed by atoms with van der Waals surface area (Å²) < 4.78 is 5.62. The molecule has 102 valence electrons. The Bertz CT molecular complexity index is 649. The van der Waals surface area contributed by atoms with Gasteiger partial charge in [0.05, 0.1) is 5.69 Å². The van der Waals surface area contributed by atoms with E-state index in [4.69, 9.17) is 21.3 Å². The summed E-state index contributed by atoms with van der Waals surface area (Å²) in [6.07, 6.45) is 2.58. The van der Waals surface area contributed by atoms with Crippen molar-refractivity contribution in [1.29, 1.82) is 0 Å². The predicted octanol–water partition coefficient (Wildman–Crippen LogP) is 2.74. The number of ether oxygens (including phenoxy) is 1. The fraction of sp³-hybridized carbons (Fsp3) is 0. The highest BCUT2D eigenvalue weighted by atomic mass is 16.5. The van der Waals surface area contributed by atoms with Gasteiger partial charge in [0.1, 0.15) is 11.5 Å². The topological polar surface area (TPSA) is 98.6 Å². The Morgan fingerprint density at radius 3 is 2.40 bits per heavy atom. The summed E-state index contributed by atoms with van der Waals surface area (Å²) >= 11 is 0. The lowest BCUT2D eigenvalue weighted by atomic mass is 10.2. The fourth-order valence-electron chi connectivity index (χ4n) is 1.60. The van der Waals surface area contributed by atoms with Crippen LogP contribution in [0.5, 0.6) is 11.5 Å². The van der Waals surface area contributed by atoms with E-state index in [0.717, 1.165) is 11.6 Å². The monoisotopic (exact) mass is 270 g/mol. The molecule has 2 aromatic rings. The van der Waals surface area contributed by atoms with E-state index >= 15 is 0 Å². The van der Waals surface area contributed by atoms with Crippen LogP contribution in [0.3, 0.4) is 0 Å². The second kappa shape index (κ2) is 5.79. The molecule has 2 rings (SSSR count). The second-order valence-corrected chi connectivity index (χ2v) is 4.14. The Kier molecular flexibility index (Phi) is 3.91. The molecular weight excluding hydrogens is 256 g/mol. The number of benzene rings is 2. The third-order valence-electron chi connectivity index (χ3n) is 2.56. The summed E-state index contributed by atoms with van der Waals surface area (Å²) in [5.74, 6) is 0.141. The van der Waals surface area contributed by atoms with Gasteiger partial charge in [0.2, 0.25) is 0 Å². The van der Waals surface area contributed by atoms with Gasteiger partial charge in [-0.15, -0.1) is 0 Å². The van der Waals surface area contributed by atoms with Crippen LogP contribution in [0.25, 0.3) is 6.08 Å². The van der Waals surface area contributed by atoms with Gasteiger partial charge in [-0.3, -0.25) is 0 Å². The molecule has 5 nitrogen and oxygen atoms in total. The van der Waals surface area contributed by atoms with Gasteiger partial charge >= 0.3 is 5.97 Å². The number of aliphatic carboxylic acids is 1. The number of carbonyl (C=O) groups is 1. The Morgan fingerprint density at radius 1 is 1.10 bits per heavy atom. The van der Waals surface area contributed by atoms with Crippen molar-refractivity contribution in [3.05, 3.63) is 54.1 Å². The van der Waals surface area contributed by atoms with E-state index in [9.17, 15) is 4.79 Å². The Labute approximate surface area is 116 Å². The molecule has 0 bridgehead atoms. The highest BCUT2D eigenvalue weighted by molar-refractivity contribution is 5.85. The molecule has 5 heteroatoms. The maximum absolute atomic E-state index is 10.4. The lowest BCUT2D eigenvalue weighted by molar-refractivity contribution is -0.131. The van der Waals surface area contributed by atoms with Crippen LogP contribution in [-0.4, -0.2) is 11.1 Å². The number of nitrogens with two attached hydrogens (primary N) is 2. The van der Waals surface area contributed by atoms with E-state index in [2.05, 4.69) is 0 Å². The molecule has 0 saturated carbocycles. The molecule has 0 aliphatic rings. The number of anilines is 2. The third-order valence-corrected chi connectivity index (χ3v) is 2.56. The first-order valence-electron chi connectivity index (χ1n) is 5.88. The lowest BCUT2D eigenvalue weighted by Gasteiger charge is -2.09. The van der Waals surface area contributed by atoms with Crippen molar-refractivity contribution in [2.75, 3.05) is 11.5 Å². The van der Waals surface area contributed by atoms with Crippen LogP contribution in [0.4, 0.5) is 11.4 Å². The van der Waals surface area contributed by atoms with Crippen LogP contribution in [0.1, 0.15) is 5.56 Å². The van der Waals surface area contributed by atoms with E-state index in [-0.39, 0.29) is 0 Å². The predicted molar refractivity (Wildman–Crippen MR) is 78.5 cm³/mol. The fourth-order valence-corrected chi connectivity index (χ4v) is 1.60. The first-order valence-corrected chi connectivity index (χ1v) is 5.88. The SMILES string of the molecule is Nc1ccc(Oc2ccc(C=CC(=O)O)cc2)c(N)c1. The van der Waals surface area contributed by atoms with Crippen molar-refractivity contribution in [3.63, 3.8) is 0 Å². The van der Waals surface area contributed by atoms with Crippen molar-refractivity contribution in [2.24, 2.45) is 0 Å². The maximum atomic E-state index is 10.4. The Hall–Kier alpha value is -2.95. The maximum Gasteiger partial charge on any atom is 0.328 e. The molecule has 2 aromatic carbocycles. The van der Waals surface area contributed by atoms with Gasteiger partial charge in [0, 0.05) is 11.8 Å². The number of hydrogen-bond acceptors (Lipinski definition) is 4. The van der Waals surface area contributed by atoms with Crippen molar-refractivity contribution in [2.45, 2.75) is 0 Å². The summed E-state index contributed by atoms with van der Waals surface area (Å²) in [6.45, 7) is 0. The first-order chi connectivity index (χ1) is 9.54. The van der Waals surface area contributed by atoms with E-state index in [1.165, 1.54) is 6.08 Å². The van der Waals surface area contributed by atoms with E-state index in [1.807, 2.05) is 0 Å². The summed E-state index contributed by atoms with van der Waals surface area (Å²) in [4.78, 5) is 10.4. The molecule has 0 heterocycles. The summed E-state index contributed by atoms with van der Waals surface area (Å²) in [5, 5.41) is 8.54. The standard InChI is InChI=1S/C15H14N2O3/c16-11-4-7-14(13(17)9-11)20-12-5-1-10(2-6-12)3-8-15(18)19/h1-9H,16-17H2,(H,18,19). The molecular formula is C15H14N2O3. The Balaban J connectivity index is 2.12. The molecule has 0 saturated heterocycles. The van der Waals surface area contributed by atoms with Crippen molar-refractivity contribution in [3.8, 4) is 11.5 Å². The van der Waals surface area contributed by atoms with Gasteiger partial charge in [-0.05, 0) is 42.0 Å². The van der Waals surface area contributed by atoms with Gasteiger partial charge in [-0.2, -0.15) is 0 Å². The van der Waals surface area contributed by atoms with Crippen LogP contribution in [0.2, 0.25) is 0 Å². The summed E-state index contributed by atoms with van der Waals surface area (Å²) in [7, 11) is 0. The number of rotatable bonds is 4. The van der Waals surface area contributed by atoms with Crippen LogP contribution in [0.15, 0.2) is 48.5 Å². The largest absolute Gasteiger partial charge is 0.478 e. The molecule has 0 aliphatic heterocycles. The van der Waals surface area contributed by atoms with Gasteiger partial charge in [0.15, 0.2) is 0 Å². The zero-order chi connectivity index (χ0) is 14.5. The normalized spacial score (nSPS) is 10.6. The number of hydrogen-bond donors (Lipinski definition) is 3. The van der Waals surface area contributed by atoms with E-state index in [1.54, 1.807) is 42.5 Å². The van der Waals surface area contributed by atoms with E-state index in [0.29, 0.717) is 22.9 Å². The number of carboxylic acids is 1. The minimum atomic E-state index is -0.986. The molecule has 0 amide bonds. The molecule has 0 spiro atoms. The molecule has 0 atom stereocenters. The highest BCUT2D eigenvalue weighted by Crippen LogP contribution is 2.29. The smallest absolute Gasteiger partial charge is 0.328 e. The third kappa shape index (κ3) is 3.52. The summed E-state index contributed by atoms with van der Waals surface area (Å²) in [5.41, 5.74) is 13.2. The van der Waals surface area contributed by atoms with Crippen molar-refractivity contribution < 1.29 is 14.6 Å². The molecule has 0 unspecified atom stereocenters. The van der Waals surface area contributed by atoms with Crippen LogP contribution in [0, 0.1) is 0 Å². The minimum Gasteiger partial charge on any atom is -0.478 e. The average molecular weight is 270 g/mol. The van der Waals surface area contributed by atoms with Crippen LogP contribution in [-0.2, 0) is 4.79 Å². The van der Waals surface area contributed by atoms with Gasteiger partial charge in [-0.25, -0.2) is 4.79 Å². The minimum absolute atomic E-state index is 0.458. The van der Waals surface area contributed by atoms with Crippen LogP contribution < -0.4 is 16.2 Å². The highest BCUT2D eigenvalue weighted by Gasteiger charge is 2.02. The van der Waals surface area contributed by atoms with Crippen LogP contribution >= 0.6 is 0 Å². The van der Waals surface area contributed by atoms with Gasteiger partial charge in [0.25, 0.3) is 0 Å². The van der Waals surface area contributed by atoms with E-state index < -0.39 is 5.97 Å². The Morgan fingerprint density at radius 2 is 1.80 bits per heavy atom. The summed E-state index contributed by atoms with van der Waals surface area (Å²) in [6, 6.07) is 12.0. The molecule has 0 aliphatic carbocycles. The lowest BCUT2D eigenvalue weighted by Crippen LogP contribution is -1.94. The first kappa shape index (κ1) is 13.5. The average Bonchev–Trinajstić information content (AvgIpc) is 2.41. The van der Waals surface area contributed by atoms with Crippen molar-refractivity contribution >= 4 is 23.4 Å². The number of nitrogen functional groups attached to an aromatic ring is 2. The van der Waals surface area contributed by atoms with Gasteiger partial charge < -0.3 is 21.3 Å². The second-order valence-electron chi connectivity index (χ2n) is 4.14. The quantitative estimate of drug-likeness (QED) is 0.586. The molecule has 5 N–H and O–H groups in total. The van der Waals surface area contributed by atoms with Crippen molar-refractivity contribution in [1.82, 2.24) is 0 Å². The zero-order valence-corrected chi connectivity index (χ0v) is 10.6. The molecule has 20 heavy (non-hydrogen) atoms. The molecule has 0 aromatic heterocycles. The molecule has 0 radical (unpaired) electrons. The van der Waals surface area contributed by atoms with Gasteiger partial charge in [-0.1, -0.05) is 12.1 Å². The number of carboxylic acid groups (broad SMARTS) is 1. The molecule has 0 fully saturated rings.